The summed E-state index contributed by atoms with van der Waals surface area (Å²) >= 11 is 0. The van der Waals surface area contributed by atoms with Gasteiger partial charge in [-0.1, -0.05) is 56.5 Å². The van der Waals surface area contributed by atoms with Crippen LogP contribution in [0.1, 0.15) is 61.9 Å². The van der Waals surface area contributed by atoms with Gasteiger partial charge in [-0.2, -0.15) is 0 Å². The second-order valence-corrected chi connectivity index (χ2v) is 10.9. The van der Waals surface area contributed by atoms with Crippen molar-refractivity contribution in [2.75, 3.05) is 32.1 Å². The minimum atomic E-state index is -0.343. The molecule has 1 saturated carbocycles. The molecule has 0 spiro atoms. The zero-order chi connectivity index (χ0) is 27.1. The Morgan fingerprint density at radius 1 is 1.16 bits per heavy atom. The summed E-state index contributed by atoms with van der Waals surface area (Å²) < 4.78 is 6.49. The summed E-state index contributed by atoms with van der Waals surface area (Å²) in [5.41, 5.74) is 2.15. The zero-order valence-corrected chi connectivity index (χ0v) is 22.9. The second-order valence-electron chi connectivity index (χ2n) is 10.9. The number of rotatable bonds is 8. The van der Waals surface area contributed by atoms with Crippen molar-refractivity contribution in [3.05, 3.63) is 59.7 Å². The van der Waals surface area contributed by atoms with E-state index in [4.69, 9.17) is 4.74 Å². The van der Waals surface area contributed by atoms with Crippen LogP contribution >= 0.6 is 0 Å². The van der Waals surface area contributed by atoms with Crippen LogP contribution in [0.5, 0.6) is 5.75 Å². The lowest BCUT2D eigenvalue weighted by Crippen LogP contribution is -2.49. The molecule has 0 radical (unpaired) electrons. The molecule has 1 heterocycles. The lowest BCUT2D eigenvalue weighted by Gasteiger charge is -2.38. The Morgan fingerprint density at radius 3 is 2.61 bits per heavy atom. The molecule has 38 heavy (non-hydrogen) atoms. The number of hydrogen-bond donors (Lipinski definition) is 3. The highest BCUT2D eigenvalue weighted by Gasteiger charge is 2.33. The average Bonchev–Trinajstić information content (AvgIpc) is 2.91. The summed E-state index contributed by atoms with van der Waals surface area (Å²) in [6, 6.07) is 15.1. The molecule has 1 fully saturated rings. The van der Waals surface area contributed by atoms with Crippen molar-refractivity contribution in [2.24, 2.45) is 5.92 Å². The Labute approximate surface area is 226 Å². The first-order valence-electron chi connectivity index (χ1n) is 13.9. The number of fused-ring (bicyclic) bond motifs is 1. The first kappa shape index (κ1) is 27.9. The number of amides is 3. The van der Waals surface area contributed by atoms with Gasteiger partial charge in [-0.15, -0.1) is 0 Å². The number of urea groups is 1. The molecule has 4 rings (SSSR count). The number of likely N-dealkylation sites (N-methyl/N-ethyl adjacent to an activating group) is 1. The smallest absolute Gasteiger partial charge is 0.319 e. The third-order valence-corrected chi connectivity index (χ3v) is 7.65. The molecule has 0 aromatic heterocycles. The second kappa shape index (κ2) is 13.1. The summed E-state index contributed by atoms with van der Waals surface area (Å²) in [6.07, 6.45) is 5.31. The summed E-state index contributed by atoms with van der Waals surface area (Å²) in [4.78, 5) is 30.3. The molecule has 2 aliphatic rings. The number of hydrogen-bond acceptors (Lipinski definition) is 5. The maximum Gasteiger partial charge on any atom is 0.319 e. The van der Waals surface area contributed by atoms with Gasteiger partial charge in [0.25, 0.3) is 5.91 Å². The molecule has 1 aliphatic heterocycles. The van der Waals surface area contributed by atoms with E-state index in [2.05, 4.69) is 41.6 Å². The van der Waals surface area contributed by atoms with E-state index in [9.17, 15) is 14.7 Å². The maximum absolute atomic E-state index is 13.7. The van der Waals surface area contributed by atoms with Crippen molar-refractivity contribution in [2.45, 2.75) is 70.7 Å². The van der Waals surface area contributed by atoms with Gasteiger partial charge in [0.1, 0.15) is 11.9 Å². The van der Waals surface area contributed by atoms with Crippen molar-refractivity contribution >= 4 is 17.6 Å². The van der Waals surface area contributed by atoms with E-state index < -0.39 is 0 Å². The largest absolute Gasteiger partial charge is 0.488 e. The van der Waals surface area contributed by atoms with Crippen LogP contribution in [0.2, 0.25) is 0 Å². The highest BCUT2D eigenvalue weighted by molar-refractivity contribution is 5.99. The predicted molar refractivity (Wildman–Crippen MR) is 149 cm³/mol. The summed E-state index contributed by atoms with van der Waals surface area (Å²) in [6.45, 7) is 5.73. The molecule has 1 aliphatic carbocycles. The van der Waals surface area contributed by atoms with Crippen LogP contribution in [0.4, 0.5) is 10.5 Å². The van der Waals surface area contributed by atoms with E-state index in [1.807, 2.05) is 25.1 Å². The standard InChI is InChI=1S/C30H42N4O4/c1-21-17-34(22(2)20-35)29(36)26-16-25(32-30(37)31-24-12-8-5-9-13-24)14-15-27(26)38-28(21)19-33(3)18-23-10-6-4-7-11-23/h4,6-7,10-11,14-16,21-22,24,28,35H,5,8-9,12-13,17-20H2,1-3H3,(H2,31,32,37)/t21-,22+,28+/m0/s1. The Balaban J connectivity index is 1.53. The molecular weight excluding hydrogens is 480 g/mol. The third kappa shape index (κ3) is 7.26. The van der Waals surface area contributed by atoms with Crippen LogP contribution < -0.4 is 15.4 Å². The Bertz CT molecular complexity index is 1070. The SMILES string of the molecule is C[C@H](CO)N1C[C@H](C)[C@@H](CN(C)Cc2ccccc2)Oc2ccc(NC(=O)NC3CCCCC3)cc2C1=O. The molecule has 2 aromatic rings. The fourth-order valence-electron chi connectivity index (χ4n) is 5.38. The highest BCUT2D eigenvalue weighted by Crippen LogP contribution is 2.31. The number of nitrogens with zero attached hydrogens (tertiary/aromatic N) is 2. The van der Waals surface area contributed by atoms with Crippen molar-refractivity contribution in [3.8, 4) is 5.75 Å². The number of nitrogens with one attached hydrogen (secondary N) is 2. The fraction of sp³-hybridized carbons (Fsp3) is 0.533. The molecule has 8 nitrogen and oxygen atoms in total. The minimum Gasteiger partial charge on any atom is -0.488 e. The highest BCUT2D eigenvalue weighted by atomic mass is 16.5. The fourth-order valence-corrected chi connectivity index (χ4v) is 5.38. The van der Waals surface area contributed by atoms with Gasteiger partial charge in [-0.3, -0.25) is 9.69 Å². The molecule has 3 N–H and O–H groups in total. The predicted octanol–water partition coefficient (Wildman–Crippen LogP) is 4.49. The topological polar surface area (TPSA) is 94.1 Å². The van der Waals surface area contributed by atoms with Gasteiger partial charge in [-0.05, 0) is 50.6 Å². The summed E-state index contributed by atoms with van der Waals surface area (Å²) in [7, 11) is 2.07. The minimum absolute atomic E-state index is 0.0402. The van der Waals surface area contributed by atoms with Gasteiger partial charge in [0, 0.05) is 37.3 Å². The average molecular weight is 523 g/mol. The van der Waals surface area contributed by atoms with Crippen molar-refractivity contribution in [1.29, 1.82) is 0 Å². The van der Waals surface area contributed by atoms with Gasteiger partial charge in [-0.25, -0.2) is 4.79 Å². The monoisotopic (exact) mass is 522 g/mol. The Hall–Kier alpha value is -3.10. The van der Waals surface area contributed by atoms with E-state index in [0.29, 0.717) is 30.1 Å². The molecule has 206 valence electrons. The van der Waals surface area contributed by atoms with Crippen LogP contribution in [0.3, 0.4) is 0 Å². The molecule has 0 bridgehead atoms. The van der Waals surface area contributed by atoms with E-state index >= 15 is 0 Å². The molecule has 3 amide bonds. The van der Waals surface area contributed by atoms with Gasteiger partial charge >= 0.3 is 6.03 Å². The van der Waals surface area contributed by atoms with E-state index in [1.54, 1.807) is 23.1 Å². The number of aliphatic hydroxyl groups is 1. The first-order valence-corrected chi connectivity index (χ1v) is 13.9. The molecular formula is C30H42N4O4. The maximum atomic E-state index is 13.7. The molecule has 2 aromatic carbocycles. The number of carbonyl (C=O) groups excluding carboxylic acids is 2. The van der Waals surface area contributed by atoms with Crippen LogP contribution in [0.15, 0.2) is 48.5 Å². The number of aliphatic hydroxyl groups excluding tert-OH is 1. The summed E-state index contributed by atoms with van der Waals surface area (Å²) in [5.74, 6) is 0.326. The van der Waals surface area contributed by atoms with Gasteiger partial charge in [0.15, 0.2) is 0 Å². The van der Waals surface area contributed by atoms with E-state index in [1.165, 1.54) is 12.0 Å². The van der Waals surface area contributed by atoms with E-state index in [-0.39, 0.29) is 42.7 Å². The zero-order valence-electron chi connectivity index (χ0n) is 22.9. The van der Waals surface area contributed by atoms with Crippen LogP contribution in [-0.2, 0) is 6.54 Å². The summed E-state index contributed by atoms with van der Waals surface area (Å²) in [5, 5.41) is 15.9. The Kier molecular flexibility index (Phi) is 9.63. The lowest BCUT2D eigenvalue weighted by atomic mass is 9.96. The third-order valence-electron chi connectivity index (χ3n) is 7.65. The molecule has 8 heteroatoms. The van der Waals surface area contributed by atoms with E-state index in [0.717, 1.165) is 32.2 Å². The Morgan fingerprint density at radius 2 is 1.89 bits per heavy atom. The molecule has 3 atom stereocenters. The number of ether oxygens (including phenoxy) is 1. The van der Waals surface area contributed by atoms with Crippen molar-refractivity contribution < 1.29 is 19.4 Å². The van der Waals surface area contributed by atoms with Crippen molar-refractivity contribution in [3.63, 3.8) is 0 Å². The molecule has 0 unspecified atom stereocenters. The number of anilines is 1. The van der Waals surface area contributed by atoms with Crippen molar-refractivity contribution in [1.82, 2.24) is 15.1 Å². The molecule has 0 saturated heterocycles. The van der Waals surface area contributed by atoms with Crippen LogP contribution in [0.25, 0.3) is 0 Å². The lowest BCUT2D eigenvalue weighted by molar-refractivity contribution is 0.0341. The first-order chi connectivity index (χ1) is 18.3. The van der Waals surface area contributed by atoms with Gasteiger partial charge in [0.2, 0.25) is 0 Å². The van der Waals surface area contributed by atoms with Gasteiger partial charge < -0.3 is 25.4 Å². The quantitative estimate of drug-likeness (QED) is 0.475. The van der Waals surface area contributed by atoms with Gasteiger partial charge in [0.05, 0.1) is 18.2 Å². The van der Waals surface area contributed by atoms with Crippen LogP contribution in [-0.4, -0.2) is 71.8 Å². The normalized spacial score (nSPS) is 21.2. The number of benzene rings is 2. The van der Waals surface area contributed by atoms with Crippen LogP contribution in [0, 0.1) is 5.92 Å². The number of carbonyl (C=O) groups is 2.